The highest BCUT2D eigenvalue weighted by Crippen LogP contribution is 2.23. The minimum Gasteiger partial charge on any atom is -0.462 e. The maximum atomic E-state index is 12.5. The number of hydrogen-bond donors (Lipinski definition) is 1. The van der Waals surface area contributed by atoms with Gasteiger partial charge >= 0.3 is 5.97 Å². The fourth-order valence-electron chi connectivity index (χ4n) is 2.36. The van der Waals surface area contributed by atoms with E-state index in [0.29, 0.717) is 17.7 Å². The molecule has 0 heterocycles. The number of rotatable bonds is 7. The molecule has 1 N–H and O–H groups in total. The maximum absolute atomic E-state index is 12.5. The molecule has 0 aliphatic heterocycles. The third kappa shape index (κ3) is 5.30. The van der Waals surface area contributed by atoms with Crippen LogP contribution in [0.5, 0.6) is 0 Å². The maximum Gasteiger partial charge on any atom is 0.338 e. The van der Waals surface area contributed by atoms with Crippen molar-refractivity contribution in [1.82, 2.24) is 0 Å². The Hall–Kier alpha value is -2.38. The summed E-state index contributed by atoms with van der Waals surface area (Å²) in [5.41, 5.74) is 0.856. The van der Waals surface area contributed by atoms with E-state index in [0.717, 1.165) is 0 Å². The number of ether oxygens (including phenoxy) is 1. The average Bonchev–Trinajstić information content (AvgIpc) is 2.62. The number of carbonyl (C=O) groups excluding carboxylic acids is 2. The van der Waals surface area contributed by atoms with Crippen molar-refractivity contribution in [1.29, 1.82) is 0 Å². The van der Waals surface area contributed by atoms with Crippen molar-refractivity contribution in [3.63, 3.8) is 0 Å². The summed E-state index contributed by atoms with van der Waals surface area (Å²) in [5, 5.41) is 2.78. The Morgan fingerprint density at radius 3 is 2.33 bits per heavy atom. The number of sulfone groups is 1. The molecule has 0 fully saturated rings. The summed E-state index contributed by atoms with van der Waals surface area (Å²) >= 11 is 6.07. The van der Waals surface area contributed by atoms with E-state index in [4.69, 9.17) is 16.3 Å². The van der Waals surface area contributed by atoms with Gasteiger partial charge in [0.15, 0.2) is 9.84 Å². The van der Waals surface area contributed by atoms with E-state index in [9.17, 15) is 18.0 Å². The largest absolute Gasteiger partial charge is 0.462 e. The molecule has 144 valence electrons. The number of carbonyl (C=O) groups is 2. The standard InChI is InChI=1S/C19H20ClNO5S/c1-3-11-27(24,25)15-9-10-17(20)16(12-15)18(22)21-14-7-5-13(6-8-14)19(23)26-4-2/h5-10,12H,3-4,11H2,1-2H3,(H,21,22). The number of amides is 1. The second kappa shape index (κ2) is 9.01. The average molecular weight is 410 g/mol. The second-order valence-corrected chi connectivity index (χ2v) is 8.23. The highest BCUT2D eigenvalue weighted by atomic mass is 35.5. The number of nitrogens with one attached hydrogen (secondary N) is 1. The first-order valence-electron chi connectivity index (χ1n) is 8.39. The lowest BCUT2D eigenvalue weighted by atomic mass is 10.2. The van der Waals surface area contributed by atoms with Crippen LogP contribution in [0.3, 0.4) is 0 Å². The van der Waals surface area contributed by atoms with Crippen LogP contribution in [0.1, 0.15) is 41.0 Å². The zero-order valence-corrected chi connectivity index (χ0v) is 16.6. The fourth-order valence-corrected chi connectivity index (χ4v) is 3.91. The molecule has 1 amide bonds. The van der Waals surface area contributed by atoms with Gasteiger partial charge in [-0.25, -0.2) is 13.2 Å². The van der Waals surface area contributed by atoms with Crippen molar-refractivity contribution in [3.05, 3.63) is 58.6 Å². The van der Waals surface area contributed by atoms with Crippen LogP contribution in [0.25, 0.3) is 0 Å². The van der Waals surface area contributed by atoms with Gasteiger partial charge < -0.3 is 10.1 Å². The number of anilines is 1. The van der Waals surface area contributed by atoms with E-state index in [2.05, 4.69) is 5.32 Å². The van der Waals surface area contributed by atoms with Gasteiger partial charge in [-0.05, 0) is 55.8 Å². The first-order chi connectivity index (χ1) is 12.8. The first-order valence-corrected chi connectivity index (χ1v) is 10.4. The summed E-state index contributed by atoms with van der Waals surface area (Å²) in [5.74, 6) is -1.00. The van der Waals surface area contributed by atoms with Gasteiger partial charge in [-0.1, -0.05) is 18.5 Å². The van der Waals surface area contributed by atoms with Crippen molar-refractivity contribution in [2.45, 2.75) is 25.2 Å². The molecule has 0 aliphatic rings. The van der Waals surface area contributed by atoms with Crippen LogP contribution < -0.4 is 5.32 Å². The molecule has 2 aromatic carbocycles. The van der Waals surface area contributed by atoms with Gasteiger partial charge in [-0.3, -0.25) is 4.79 Å². The van der Waals surface area contributed by atoms with Crippen molar-refractivity contribution < 1.29 is 22.7 Å². The van der Waals surface area contributed by atoms with E-state index in [1.165, 1.54) is 30.3 Å². The molecule has 27 heavy (non-hydrogen) atoms. The predicted octanol–water partition coefficient (Wildman–Crippen LogP) is 3.95. The van der Waals surface area contributed by atoms with Crippen molar-refractivity contribution >= 4 is 39.0 Å². The second-order valence-electron chi connectivity index (χ2n) is 5.71. The molecule has 0 radical (unpaired) electrons. The van der Waals surface area contributed by atoms with Gasteiger partial charge in [0, 0.05) is 5.69 Å². The van der Waals surface area contributed by atoms with Crippen molar-refractivity contribution in [2.75, 3.05) is 17.7 Å². The summed E-state index contributed by atoms with van der Waals surface area (Å²) in [4.78, 5) is 24.2. The normalized spacial score (nSPS) is 11.1. The number of halogens is 1. The molecule has 8 heteroatoms. The molecule has 6 nitrogen and oxygen atoms in total. The highest BCUT2D eigenvalue weighted by molar-refractivity contribution is 7.91. The van der Waals surface area contributed by atoms with Crippen LogP contribution in [0.15, 0.2) is 47.4 Å². The Labute approximate surface area is 163 Å². The molecular formula is C19H20ClNO5S. The predicted molar refractivity (Wildman–Crippen MR) is 104 cm³/mol. The number of esters is 1. The Bertz CT molecular complexity index is 939. The molecule has 0 spiro atoms. The quantitative estimate of drug-likeness (QED) is 0.699. The molecule has 0 atom stereocenters. The molecule has 0 aromatic heterocycles. The van der Waals surface area contributed by atoms with Crippen LogP contribution in [-0.4, -0.2) is 32.7 Å². The third-order valence-electron chi connectivity index (χ3n) is 3.67. The monoisotopic (exact) mass is 409 g/mol. The van der Waals surface area contributed by atoms with E-state index >= 15 is 0 Å². The smallest absolute Gasteiger partial charge is 0.338 e. The minimum absolute atomic E-state index is 0.00892. The summed E-state index contributed by atoms with van der Waals surface area (Å²) in [6, 6.07) is 10.2. The third-order valence-corrected chi connectivity index (χ3v) is 5.92. The van der Waals surface area contributed by atoms with Gasteiger partial charge in [0.2, 0.25) is 0 Å². The van der Waals surface area contributed by atoms with E-state index < -0.39 is 21.7 Å². The lowest BCUT2D eigenvalue weighted by Gasteiger charge is -2.10. The highest BCUT2D eigenvalue weighted by Gasteiger charge is 2.18. The minimum atomic E-state index is -3.47. The molecule has 0 bridgehead atoms. The van der Waals surface area contributed by atoms with Crippen LogP contribution in [0, 0.1) is 0 Å². The fraction of sp³-hybridized carbons (Fsp3) is 0.263. The topological polar surface area (TPSA) is 89.5 Å². The molecule has 2 rings (SSSR count). The van der Waals surface area contributed by atoms with Gasteiger partial charge in [-0.2, -0.15) is 0 Å². The van der Waals surface area contributed by atoms with Crippen molar-refractivity contribution in [2.24, 2.45) is 0 Å². The SMILES string of the molecule is CCCS(=O)(=O)c1ccc(Cl)c(C(=O)Nc2ccc(C(=O)OCC)cc2)c1. The van der Waals surface area contributed by atoms with Crippen LogP contribution >= 0.6 is 11.6 Å². The molecule has 0 saturated heterocycles. The van der Waals surface area contributed by atoms with Gasteiger partial charge in [0.05, 0.1) is 33.4 Å². The number of hydrogen-bond acceptors (Lipinski definition) is 5. The number of benzene rings is 2. The van der Waals surface area contributed by atoms with Gasteiger partial charge in [-0.15, -0.1) is 0 Å². The van der Waals surface area contributed by atoms with Crippen LogP contribution in [-0.2, 0) is 14.6 Å². The molecule has 0 aliphatic carbocycles. The summed E-state index contributed by atoms with van der Waals surface area (Å²) < 4.78 is 29.3. The Morgan fingerprint density at radius 2 is 1.74 bits per heavy atom. The van der Waals surface area contributed by atoms with Gasteiger partial charge in [0.25, 0.3) is 5.91 Å². The van der Waals surface area contributed by atoms with E-state index in [1.807, 2.05) is 0 Å². The van der Waals surface area contributed by atoms with Crippen LogP contribution in [0.4, 0.5) is 5.69 Å². The Balaban J connectivity index is 2.22. The van der Waals surface area contributed by atoms with Crippen LogP contribution in [0.2, 0.25) is 5.02 Å². The lowest BCUT2D eigenvalue weighted by molar-refractivity contribution is 0.0526. The summed E-state index contributed by atoms with van der Waals surface area (Å²) in [7, 11) is -3.47. The Kier molecular flexibility index (Phi) is 6.98. The zero-order valence-electron chi connectivity index (χ0n) is 15.0. The molecule has 0 saturated carbocycles. The van der Waals surface area contributed by atoms with E-state index in [1.54, 1.807) is 26.0 Å². The van der Waals surface area contributed by atoms with E-state index in [-0.39, 0.29) is 27.8 Å². The molecule has 2 aromatic rings. The molecular weight excluding hydrogens is 390 g/mol. The first kappa shape index (κ1) is 20.9. The van der Waals surface area contributed by atoms with Gasteiger partial charge in [0.1, 0.15) is 0 Å². The zero-order chi connectivity index (χ0) is 20.0. The summed E-state index contributed by atoms with van der Waals surface area (Å²) in [6.07, 6.45) is 0.472. The van der Waals surface area contributed by atoms with Crippen molar-refractivity contribution in [3.8, 4) is 0 Å². The summed E-state index contributed by atoms with van der Waals surface area (Å²) in [6.45, 7) is 3.75. The molecule has 0 unspecified atom stereocenters. The Morgan fingerprint density at radius 1 is 1.07 bits per heavy atom. The lowest BCUT2D eigenvalue weighted by Crippen LogP contribution is -2.14.